The number of nitrogens with two attached hydrogens (primary N) is 2. The van der Waals surface area contributed by atoms with Crippen molar-refractivity contribution in [3.05, 3.63) is 0 Å². The molecular weight excluding hydrogens is 461 g/mol. The average Bonchev–Trinajstić information content (AvgIpc) is 2.38. The zero-order chi connectivity index (χ0) is 15.5. The molecule has 0 aromatic heterocycles. The summed E-state index contributed by atoms with van der Waals surface area (Å²) in [6, 6.07) is 0.562. The molecule has 1 aliphatic heterocycles. The summed E-state index contributed by atoms with van der Waals surface area (Å²) in [5.74, 6) is -4.18. The molecule has 1 heterocycles. The van der Waals surface area contributed by atoms with Crippen molar-refractivity contribution in [1.29, 1.82) is 0 Å². The minimum atomic E-state index is -2.25. The molecule has 1 saturated heterocycles. The first-order valence-electron chi connectivity index (χ1n) is 6.44. The Morgan fingerprint density at radius 1 is 1.14 bits per heavy atom. The zero-order valence-corrected chi connectivity index (χ0v) is 13.9. The van der Waals surface area contributed by atoms with Gasteiger partial charge in [-0.3, -0.25) is 4.79 Å². The Hall–Kier alpha value is -0.982. The van der Waals surface area contributed by atoms with Gasteiger partial charge in [-0.05, 0) is 12.8 Å². The second kappa shape index (κ2) is 7.87. The Bertz CT molecular complexity index is 394. The second-order valence-corrected chi connectivity index (χ2v) is 5.18. The third-order valence-electron chi connectivity index (χ3n) is 3.90. The summed E-state index contributed by atoms with van der Waals surface area (Å²) in [7, 11) is 1.08. The van der Waals surface area contributed by atoms with Gasteiger partial charge in [0.25, 0.3) is 0 Å². The van der Waals surface area contributed by atoms with Gasteiger partial charge >= 0.3 is 21.1 Å². The predicted octanol–water partition coefficient (Wildman–Crippen LogP) is -3.70. The van der Waals surface area contributed by atoms with Crippen LogP contribution in [0.15, 0.2) is 0 Å². The van der Waals surface area contributed by atoms with Crippen molar-refractivity contribution < 1.29 is 45.7 Å². The summed E-state index contributed by atoms with van der Waals surface area (Å²) < 4.78 is 0. The molecule has 4 N–H and O–H groups in total. The minimum absolute atomic E-state index is 0. The maximum atomic E-state index is 10.6. The van der Waals surface area contributed by atoms with Gasteiger partial charge in [0, 0.05) is 19.1 Å². The van der Waals surface area contributed by atoms with Crippen LogP contribution in [-0.4, -0.2) is 47.4 Å². The van der Waals surface area contributed by atoms with Crippen LogP contribution in [0.2, 0.25) is 0 Å². The summed E-state index contributed by atoms with van der Waals surface area (Å²) in [5.41, 5.74) is 9.05. The van der Waals surface area contributed by atoms with Crippen LogP contribution in [-0.2, 0) is 35.4 Å². The standard InChI is InChI=1S/C6H14N2.C6H7NO5.Pt/c7-5-3-1-2-4-6(5)8;1-7-3(8)2-6(7,4(9)10)5(11)12;/h5-6H,1-4,7-8H2;2H2,1H3,(H,9,10)(H,11,12);/q;;+2/p-2/t5-,6-;;/m1../s1. The fourth-order valence-corrected chi connectivity index (χ4v) is 2.27. The molecule has 0 bridgehead atoms. The van der Waals surface area contributed by atoms with E-state index in [1.54, 1.807) is 0 Å². The zero-order valence-electron chi connectivity index (χ0n) is 11.6. The second-order valence-electron chi connectivity index (χ2n) is 5.18. The van der Waals surface area contributed by atoms with Crippen molar-refractivity contribution in [2.75, 3.05) is 7.05 Å². The maximum absolute atomic E-state index is 10.6. The van der Waals surface area contributed by atoms with Crippen LogP contribution in [0.25, 0.3) is 0 Å². The van der Waals surface area contributed by atoms with E-state index in [2.05, 4.69) is 0 Å². The van der Waals surface area contributed by atoms with Crippen LogP contribution in [0.3, 0.4) is 0 Å². The van der Waals surface area contributed by atoms with E-state index in [-0.39, 0.29) is 33.1 Å². The molecule has 2 atom stereocenters. The molecule has 2 fully saturated rings. The van der Waals surface area contributed by atoms with Crippen molar-refractivity contribution in [2.24, 2.45) is 11.5 Å². The average molecular weight is 480 g/mol. The summed E-state index contributed by atoms with van der Waals surface area (Å²) >= 11 is 0. The van der Waals surface area contributed by atoms with E-state index in [1.807, 2.05) is 0 Å². The van der Waals surface area contributed by atoms with Gasteiger partial charge in [0.15, 0.2) is 0 Å². The van der Waals surface area contributed by atoms with Gasteiger partial charge in [-0.25, -0.2) is 0 Å². The number of aliphatic carboxylic acids is 2. The number of carbonyl (C=O) groups excluding carboxylic acids is 3. The molecule has 0 aromatic carbocycles. The Labute approximate surface area is 137 Å². The molecule has 122 valence electrons. The Kier molecular flexibility index (Phi) is 7.50. The van der Waals surface area contributed by atoms with Gasteiger partial charge < -0.3 is 36.2 Å². The first kappa shape index (κ1) is 20.0. The number of likely N-dealkylation sites (tertiary alicyclic amines) is 1. The van der Waals surface area contributed by atoms with E-state index in [0.717, 1.165) is 19.9 Å². The number of amides is 1. The van der Waals surface area contributed by atoms with Gasteiger partial charge in [-0.2, -0.15) is 0 Å². The van der Waals surface area contributed by atoms with Gasteiger partial charge in [0.05, 0.1) is 18.4 Å². The quantitative estimate of drug-likeness (QED) is 0.305. The minimum Gasteiger partial charge on any atom is -0.547 e. The fraction of sp³-hybridized carbons (Fsp3) is 0.750. The first-order valence-corrected chi connectivity index (χ1v) is 6.44. The van der Waals surface area contributed by atoms with Crippen LogP contribution in [0.5, 0.6) is 0 Å². The monoisotopic (exact) mass is 480 g/mol. The third-order valence-corrected chi connectivity index (χ3v) is 3.90. The third kappa shape index (κ3) is 4.02. The molecule has 0 spiro atoms. The van der Waals surface area contributed by atoms with Gasteiger partial charge in [0.2, 0.25) is 5.91 Å². The first-order chi connectivity index (χ1) is 9.23. The van der Waals surface area contributed by atoms with E-state index in [9.17, 15) is 24.6 Å². The number of carboxylic acids is 2. The van der Waals surface area contributed by atoms with Gasteiger partial charge in [-0.1, -0.05) is 12.8 Å². The van der Waals surface area contributed by atoms with E-state index < -0.39 is 29.8 Å². The number of rotatable bonds is 2. The Morgan fingerprint density at radius 3 is 1.67 bits per heavy atom. The van der Waals surface area contributed by atoms with E-state index in [0.29, 0.717) is 4.90 Å². The van der Waals surface area contributed by atoms with Gasteiger partial charge in [0.1, 0.15) is 5.54 Å². The molecule has 9 heteroatoms. The molecule has 1 saturated carbocycles. The number of β-lactam (4-membered cyclic amide) rings is 1. The predicted molar refractivity (Wildman–Crippen MR) is 64.6 cm³/mol. The molecule has 8 nitrogen and oxygen atoms in total. The Balaban J connectivity index is 0.000000390. The van der Waals surface area contributed by atoms with Gasteiger partial charge in [-0.15, -0.1) is 0 Å². The molecule has 2 rings (SSSR count). The van der Waals surface area contributed by atoms with Crippen LogP contribution in [0.4, 0.5) is 0 Å². The smallest absolute Gasteiger partial charge is 0.547 e. The normalized spacial score (nSPS) is 26.6. The molecule has 1 aliphatic carbocycles. The fourth-order valence-electron chi connectivity index (χ4n) is 2.27. The summed E-state index contributed by atoms with van der Waals surface area (Å²) in [4.78, 5) is 31.9. The van der Waals surface area contributed by atoms with Crippen molar-refractivity contribution in [3.63, 3.8) is 0 Å². The Morgan fingerprint density at radius 2 is 1.52 bits per heavy atom. The van der Waals surface area contributed by atoms with Crippen molar-refractivity contribution in [1.82, 2.24) is 4.90 Å². The van der Waals surface area contributed by atoms with E-state index >= 15 is 0 Å². The molecule has 2 aliphatic rings. The number of nitrogens with zero attached hydrogens (tertiary/aromatic N) is 1. The molecule has 21 heavy (non-hydrogen) atoms. The number of hydrogen-bond acceptors (Lipinski definition) is 7. The SMILES string of the molecule is CN1C(=O)CC1(C(=O)[O-])C(=O)[O-].N[C@@H]1CCCC[C@H]1N.[Pt+2]. The van der Waals surface area contributed by atoms with Crippen molar-refractivity contribution >= 4 is 17.8 Å². The van der Waals surface area contributed by atoms with Crippen LogP contribution in [0, 0.1) is 0 Å². The molecule has 0 aromatic rings. The summed E-state index contributed by atoms with van der Waals surface area (Å²) in [6.45, 7) is 0. The van der Waals surface area contributed by atoms with Crippen LogP contribution in [0.1, 0.15) is 32.1 Å². The molecule has 0 radical (unpaired) electrons. The number of likely N-dealkylation sites (N-methyl/N-ethyl adjacent to an activating group) is 1. The summed E-state index contributed by atoms with van der Waals surface area (Å²) in [5, 5.41) is 20.8. The van der Waals surface area contributed by atoms with Crippen LogP contribution < -0.4 is 21.7 Å². The number of hydrogen-bond donors (Lipinski definition) is 2. The number of carbonyl (C=O) groups is 3. The molecule has 1 amide bonds. The molecular formula is C12H19N3O5Pt. The van der Waals surface area contributed by atoms with Crippen LogP contribution >= 0.6 is 0 Å². The topological polar surface area (TPSA) is 153 Å². The summed E-state index contributed by atoms with van der Waals surface area (Å²) in [6.07, 6.45) is 4.21. The molecule has 0 unspecified atom stereocenters. The van der Waals surface area contributed by atoms with Crippen molar-refractivity contribution in [2.45, 2.75) is 49.7 Å². The largest absolute Gasteiger partial charge is 2.00 e. The van der Waals surface area contributed by atoms with Crippen molar-refractivity contribution in [3.8, 4) is 0 Å². The van der Waals surface area contributed by atoms with E-state index in [1.165, 1.54) is 12.8 Å². The number of carboxylic acid groups (broad SMARTS) is 2. The van der Waals surface area contributed by atoms with E-state index in [4.69, 9.17) is 11.5 Å². The maximum Gasteiger partial charge on any atom is 2.00 e.